The summed E-state index contributed by atoms with van der Waals surface area (Å²) < 4.78 is 0. The van der Waals surface area contributed by atoms with Gasteiger partial charge in [-0.2, -0.15) is 0 Å². The molecule has 0 saturated carbocycles. The summed E-state index contributed by atoms with van der Waals surface area (Å²) in [5.41, 5.74) is 0. The van der Waals surface area contributed by atoms with Crippen molar-refractivity contribution in [2.24, 2.45) is 4.99 Å². The third-order valence-electron chi connectivity index (χ3n) is 1.37. The maximum absolute atomic E-state index is 10.4. The summed E-state index contributed by atoms with van der Waals surface area (Å²) in [5, 5.41) is 9.55. The molecule has 0 amide bonds. The molecular formula is C6H9NO2S. The van der Waals surface area contributed by atoms with Crippen LogP contribution < -0.4 is 0 Å². The molecule has 0 aromatic rings. The predicted octanol–water partition coefficient (Wildman–Crippen LogP) is 0.993. The zero-order valence-corrected chi connectivity index (χ0v) is 6.68. The normalized spacial score (nSPS) is 32.0. The van der Waals surface area contributed by atoms with Gasteiger partial charge in [-0.05, 0) is 6.92 Å². The molecular weight excluding hydrogens is 150 g/mol. The first-order valence-corrected chi connectivity index (χ1v) is 3.93. The van der Waals surface area contributed by atoms with Crippen molar-refractivity contribution in [2.75, 3.05) is 0 Å². The van der Waals surface area contributed by atoms with Gasteiger partial charge in [0.25, 0.3) is 0 Å². The van der Waals surface area contributed by atoms with E-state index in [4.69, 9.17) is 5.11 Å². The number of carbonyl (C=O) groups is 1. The maximum atomic E-state index is 10.4. The van der Waals surface area contributed by atoms with Crippen LogP contribution in [0, 0.1) is 0 Å². The number of carboxylic acid groups (broad SMARTS) is 1. The second-order valence-electron chi connectivity index (χ2n) is 2.25. The third kappa shape index (κ3) is 1.31. The fraction of sp³-hybridized carbons (Fsp3) is 0.667. The summed E-state index contributed by atoms with van der Waals surface area (Å²) in [6, 6.07) is -0.523. The largest absolute Gasteiger partial charge is 0.480 e. The van der Waals surface area contributed by atoms with Gasteiger partial charge in [-0.3, -0.25) is 4.99 Å². The van der Waals surface area contributed by atoms with E-state index in [0.29, 0.717) is 0 Å². The minimum absolute atomic E-state index is 0.0949. The highest BCUT2D eigenvalue weighted by molar-refractivity contribution is 8.14. The molecule has 4 heteroatoms. The molecule has 1 aliphatic heterocycles. The van der Waals surface area contributed by atoms with Crippen LogP contribution in [-0.4, -0.2) is 27.4 Å². The number of aliphatic imine (C=N–C) groups is 1. The van der Waals surface area contributed by atoms with E-state index in [0.717, 1.165) is 5.04 Å². The number of carboxylic acids is 1. The average Bonchev–Trinajstić information content (AvgIpc) is 2.10. The van der Waals surface area contributed by atoms with Gasteiger partial charge in [0.2, 0.25) is 0 Å². The van der Waals surface area contributed by atoms with Crippen LogP contribution in [0.4, 0.5) is 0 Å². The molecule has 0 aromatic carbocycles. The molecule has 0 aliphatic carbocycles. The van der Waals surface area contributed by atoms with Gasteiger partial charge in [-0.15, -0.1) is 11.8 Å². The summed E-state index contributed by atoms with van der Waals surface area (Å²) in [6.07, 6.45) is 0. The van der Waals surface area contributed by atoms with Crippen molar-refractivity contribution < 1.29 is 9.90 Å². The topological polar surface area (TPSA) is 49.7 Å². The number of hydrogen-bond acceptors (Lipinski definition) is 3. The molecule has 2 atom stereocenters. The highest BCUT2D eigenvalue weighted by Crippen LogP contribution is 2.25. The van der Waals surface area contributed by atoms with Crippen molar-refractivity contribution in [1.29, 1.82) is 0 Å². The van der Waals surface area contributed by atoms with Gasteiger partial charge in [0, 0.05) is 5.25 Å². The number of hydrogen-bond donors (Lipinski definition) is 1. The van der Waals surface area contributed by atoms with Crippen LogP contribution in [0.25, 0.3) is 0 Å². The van der Waals surface area contributed by atoms with Crippen molar-refractivity contribution in [3.05, 3.63) is 0 Å². The molecule has 0 aromatic heterocycles. The first-order valence-electron chi connectivity index (χ1n) is 3.05. The second-order valence-corrected chi connectivity index (χ2v) is 3.82. The lowest BCUT2D eigenvalue weighted by Crippen LogP contribution is -2.24. The predicted molar refractivity (Wildman–Crippen MR) is 41.6 cm³/mol. The Morgan fingerprint density at radius 1 is 1.80 bits per heavy atom. The summed E-state index contributed by atoms with van der Waals surface area (Å²) in [5.74, 6) is -0.822. The van der Waals surface area contributed by atoms with Gasteiger partial charge in [0.05, 0.1) is 5.04 Å². The molecule has 10 heavy (non-hydrogen) atoms. The molecule has 0 radical (unpaired) electrons. The SMILES string of the molecule is CC1=N[C@H](C(=O)O)[C@@H](C)S1. The van der Waals surface area contributed by atoms with E-state index in [1.165, 1.54) is 11.8 Å². The van der Waals surface area contributed by atoms with Gasteiger partial charge in [0.1, 0.15) is 0 Å². The van der Waals surface area contributed by atoms with Crippen LogP contribution in [0.1, 0.15) is 13.8 Å². The van der Waals surface area contributed by atoms with E-state index in [9.17, 15) is 4.79 Å². The van der Waals surface area contributed by atoms with Crippen LogP contribution in [-0.2, 0) is 4.79 Å². The zero-order chi connectivity index (χ0) is 7.72. The molecule has 0 bridgehead atoms. The Hall–Kier alpha value is -0.510. The van der Waals surface area contributed by atoms with E-state index in [-0.39, 0.29) is 5.25 Å². The smallest absolute Gasteiger partial charge is 0.329 e. The first kappa shape index (κ1) is 7.60. The molecule has 1 N–H and O–H groups in total. The first-order chi connectivity index (χ1) is 4.61. The average molecular weight is 159 g/mol. The minimum atomic E-state index is -0.822. The Labute approximate surface area is 63.5 Å². The Kier molecular flexibility index (Phi) is 1.99. The summed E-state index contributed by atoms with van der Waals surface area (Å²) in [6.45, 7) is 3.72. The third-order valence-corrected chi connectivity index (χ3v) is 2.45. The highest BCUT2D eigenvalue weighted by Gasteiger charge is 2.29. The number of aliphatic carboxylic acids is 1. The second kappa shape index (κ2) is 2.62. The lowest BCUT2D eigenvalue weighted by atomic mass is 10.2. The Morgan fingerprint density at radius 3 is 2.60 bits per heavy atom. The minimum Gasteiger partial charge on any atom is -0.480 e. The Morgan fingerprint density at radius 2 is 2.40 bits per heavy atom. The maximum Gasteiger partial charge on any atom is 0.329 e. The van der Waals surface area contributed by atoms with Crippen molar-refractivity contribution in [1.82, 2.24) is 0 Å². The lowest BCUT2D eigenvalue weighted by molar-refractivity contribution is -0.138. The molecule has 56 valence electrons. The van der Waals surface area contributed by atoms with E-state index in [2.05, 4.69) is 4.99 Å². The monoisotopic (exact) mass is 159 g/mol. The van der Waals surface area contributed by atoms with Crippen LogP contribution >= 0.6 is 11.8 Å². The van der Waals surface area contributed by atoms with E-state index >= 15 is 0 Å². The van der Waals surface area contributed by atoms with Crippen LogP contribution in [0.5, 0.6) is 0 Å². The zero-order valence-electron chi connectivity index (χ0n) is 5.87. The van der Waals surface area contributed by atoms with E-state index in [1.807, 2.05) is 13.8 Å². The summed E-state index contributed by atoms with van der Waals surface area (Å²) >= 11 is 1.53. The Bertz CT molecular complexity index is 190. The van der Waals surface area contributed by atoms with Gasteiger partial charge in [-0.25, -0.2) is 4.79 Å². The summed E-state index contributed by atoms with van der Waals surface area (Å²) in [7, 11) is 0. The molecule has 0 saturated heterocycles. The van der Waals surface area contributed by atoms with Crippen LogP contribution in [0.15, 0.2) is 4.99 Å². The molecule has 1 aliphatic rings. The van der Waals surface area contributed by atoms with Gasteiger partial charge in [0.15, 0.2) is 6.04 Å². The highest BCUT2D eigenvalue weighted by atomic mass is 32.2. The molecule has 0 unspecified atom stereocenters. The quantitative estimate of drug-likeness (QED) is 0.620. The van der Waals surface area contributed by atoms with Crippen molar-refractivity contribution >= 4 is 22.8 Å². The van der Waals surface area contributed by atoms with E-state index in [1.54, 1.807) is 0 Å². The van der Waals surface area contributed by atoms with Crippen molar-refractivity contribution in [3.8, 4) is 0 Å². The van der Waals surface area contributed by atoms with Crippen molar-refractivity contribution in [3.63, 3.8) is 0 Å². The van der Waals surface area contributed by atoms with Crippen LogP contribution in [0.2, 0.25) is 0 Å². The number of nitrogens with zero attached hydrogens (tertiary/aromatic N) is 1. The molecule has 3 nitrogen and oxygen atoms in total. The molecule has 0 spiro atoms. The van der Waals surface area contributed by atoms with Gasteiger partial charge >= 0.3 is 5.97 Å². The van der Waals surface area contributed by atoms with Crippen LogP contribution in [0.3, 0.4) is 0 Å². The number of rotatable bonds is 1. The number of thioether (sulfide) groups is 1. The van der Waals surface area contributed by atoms with Crippen molar-refractivity contribution in [2.45, 2.75) is 25.1 Å². The molecule has 0 fully saturated rings. The standard InChI is InChI=1S/C6H9NO2S/c1-3-5(6(8)9)7-4(2)10-3/h3,5H,1-2H3,(H,8,9)/t3-,5+/m1/s1. The fourth-order valence-electron chi connectivity index (χ4n) is 0.921. The Balaban J connectivity index is 2.69. The van der Waals surface area contributed by atoms with E-state index < -0.39 is 12.0 Å². The molecule has 1 heterocycles. The lowest BCUT2D eigenvalue weighted by Gasteiger charge is -2.04. The van der Waals surface area contributed by atoms with Gasteiger partial charge in [-0.1, -0.05) is 6.92 Å². The summed E-state index contributed by atoms with van der Waals surface area (Å²) in [4.78, 5) is 14.4. The van der Waals surface area contributed by atoms with Gasteiger partial charge < -0.3 is 5.11 Å². The fourth-order valence-corrected chi connectivity index (χ4v) is 1.94. The molecule has 1 rings (SSSR count).